The summed E-state index contributed by atoms with van der Waals surface area (Å²) >= 11 is 0. The largest absolute Gasteiger partial charge is 0.507 e. The van der Waals surface area contributed by atoms with E-state index in [0.717, 1.165) is 12.8 Å². The van der Waals surface area contributed by atoms with Crippen LogP contribution in [0.2, 0.25) is 0 Å². The van der Waals surface area contributed by atoms with E-state index in [0.29, 0.717) is 11.3 Å². The van der Waals surface area contributed by atoms with Gasteiger partial charge in [-0.2, -0.15) is 0 Å². The molecule has 0 aliphatic heterocycles. The van der Waals surface area contributed by atoms with E-state index in [-0.39, 0.29) is 29.7 Å². The lowest BCUT2D eigenvalue weighted by Gasteiger charge is -2.22. The number of phenolic OH excluding ortho intramolecular Hbond substituents is 1. The van der Waals surface area contributed by atoms with Crippen molar-refractivity contribution < 1.29 is 28.6 Å². The zero-order chi connectivity index (χ0) is 19.4. The molecular weight excluding hydrogens is 353 g/mol. The number of rotatable bonds is 7. The van der Waals surface area contributed by atoms with Crippen molar-refractivity contribution in [3.8, 4) is 11.5 Å². The molecule has 0 spiro atoms. The molecule has 2 aromatic carbocycles. The fourth-order valence-electron chi connectivity index (χ4n) is 2.72. The lowest BCUT2D eigenvalue weighted by Crippen LogP contribution is -2.36. The number of halogens is 1. The van der Waals surface area contributed by atoms with Crippen LogP contribution in [0.3, 0.4) is 0 Å². The van der Waals surface area contributed by atoms with Crippen LogP contribution < -0.4 is 4.74 Å². The molecule has 0 saturated heterocycles. The maximum Gasteiger partial charge on any atom is 0.342 e. The monoisotopic (exact) mass is 373 g/mol. The van der Waals surface area contributed by atoms with Crippen LogP contribution in [-0.4, -0.2) is 41.6 Å². The Morgan fingerprint density at radius 2 is 1.96 bits per heavy atom. The van der Waals surface area contributed by atoms with E-state index >= 15 is 0 Å². The second-order valence-corrected chi connectivity index (χ2v) is 6.30. The summed E-state index contributed by atoms with van der Waals surface area (Å²) in [5.74, 6) is -1.49. The van der Waals surface area contributed by atoms with Crippen LogP contribution in [0.15, 0.2) is 42.5 Å². The average molecular weight is 373 g/mol. The van der Waals surface area contributed by atoms with Gasteiger partial charge in [0.05, 0.1) is 7.11 Å². The molecule has 0 bridgehead atoms. The van der Waals surface area contributed by atoms with Crippen LogP contribution in [0.5, 0.6) is 11.5 Å². The third-order valence-corrected chi connectivity index (χ3v) is 4.36. The molecule has 6 nitrogen and oxygen atoms in total. The van der Waals surface area contributed by atoms with E-state index in [1.807, 2.05) is 0 Å². The highest BCUT2D eigenvalue weighted by molar-refractivity contribution is 5.94. The number of hydrogen-bond acceptors (Lipinski definition) is 5. The third kappa shape index (κ3) is 4.55. The molecule has 1 N–H and O–H groups in total. The number of amides is 1. The zero-order valence-electron chi connectivity index (χ0n) is 14.9. The minimum atomic E-state index is -0.815. The third-order valence-electron chi connectivity index (χ3n) is 4.36. The Balaban J connectivity index is 1.63. The van der Waals surface area contributed by atoms with Gasteiger partial charge in [0.15, 0.2) is 6.61 Å². The number of carbonyl (C=O) groups is 2. The van der Waals surface area contributed by atoms with E-state index in [9.17, 15) is 19.1 Å². The predicted molar refractivity (Wildman–Crippen MR) is 94.9 cm³/mol. The number of ether oxygens (including phenoxy) is 2. The summed E-state index contributed by atoms with van der Waals surface area (Å²) in [5.41, 5.74) is 0.354. The topological polar surface area (TPSA) is 76.1 Å². The SMILES string of the molecule is COc1ccc(C(=O)OCC(=O)N(Cc2ccccc2F)C2CC2)c(O)c1. The summed E-state index contributed by atoms with van der Waals surface area (Å²) in [7, 11) is 1.44. The van der Waals surface area contributed by atoms with Gasteiger partial charge in [0.2, 0.25) is 0 Å². The molecule has 0 atom stereocenters. The van der Waals surface area contributed by atoms with Gasteiger partial charge >= 0.3 is 5.97 Å². The Bertz CT molecular complexity index is 850. The maximum atomic E-state index is 13.9. The van der Waals surface area contributed by atoms with Gasteiger partial charge in [0, 0.05) is 24.2 Å². The first-order valence-corrected chi connectivity index (χ1v) is 8.56. The first-order valence-electron chi connectivity index (χ1n) is 8.56. The molecule has 1 saturated carbocycles. The van der Waals surface area contributed by atoms with Gasteiger partial charge in [0.25, 0.3) is 5.91 Å². The molecule has 2 aromatic rings. The van der Waals surface area contributed by atoms with Crippen LogP contribution in [0.4, 0.5) is 4.39 Å². The van der Waals surface area contributed by atoms with Gasteiger partial charge < -0.3 is 19.5 Å². The Morgan fingerprint density at radius 3 is 2.59 bits per heavy atom. The van der Waals surface area contributed by atoms with Crippen LogP contribution >= 0.6 is 0 Å². The summed E-state index contributed by atoms with van der Waals surface area (Å²) in [6.07, 6.45) is 1.68. The van der Waals surface area contributed by atoms with E-state index in [1.165, 1.54) is 36.3 Å². The van der Waals surface area contributed by atoms with Gasteiger partial charge in [-0.25, -0.2) is 9.18 Å². The Kier molecular flexibility index (Phi) is 5.59. The number of aromatic hydroxyl groups is 1. The fraction of sp³-hybridized carbons (Fsp3) is 0.300. The van der Waals surface area contributed by atoms with Crippen molar-refractivity contribution in [3.63, 3.8) is 0 Å². The van der Waals surface area contributed by atoms with Crippen LogP contribution in [0, 0.1) is 5.82 Å². The quantitative estimate of drug-likeness (QED) is 0.756. The van der Waals surface area contributed by atoms with Gasteiger partial charge in [-0.1, -0.05) is 18.2 Å². The Morgan fingerprint density at radius 1 is 1.22 bits per heavy atom. The number of carbonyl (C=O) groups excluding carboxylic acids is 2. The number of esters is 1. The van der Waals surface area contributed by atoms with E-state index in [1.54, 1.807) is 18.2 Å². The summed E-state index contributed by atoms with van der Waals surface area (Å²) in [4.78, 5) is 26.2. The molecule has 0 unspecified atom stereocenters. The van der Waals surface area contributed by atoms with Gasteiger partial charge in [-0.05, 0) is 31.0 Å². The fourth-order valence-corrected chi connectivity index (χ4v) is 2.72. The summed E-state index contributed by atoms with van der Waals surface area (Å²) in [6.45, 7) is -0.350. The minimum absolute atomic E-state index is 0.0326. The first-order chi connectivity index (χ1) is 13.0. The first kappa shape index (κ1) is 18.7. The summed E-state index contributed by atoms with van der Waals surface area (Å²) < 4.78 is 23.9. The van der Waals surface area contributed by atoms with Crippen LogP contribution in [-0.2, 0) is 16.1 Å². The van der Waals surface area contributed by atoms with Crippen LogP contribution in [0.1, 0.15) is 28.8 Å². The zero-order valence-corrected chi connectivity index (χ0v) is 14.9. The lowest BCUT2D eigenvalue weighted by molar-refractivity contribution is -0.135. The Labute approximate surface area is 156 Å². The van der Waals surface area contributed by atoms with Crippen molar-refractivity contribution in [1.29, 1.82) is 0 Å². The van der Waals surface area contributed by atoms with Crippen molar-refractivity contribution in [2.24, 2.45) is 0 Å². The maximum absolute atomic E-state index is 13.9. The number of hydrogen-bond donors (Lipinski definition) is 1. The minimum Gasteiger partial charge on any atom is -0.507 e. The molecule has 1 amide bonds. The highest BCUT2D eigenvalue weighted by atomic mass is 19.1. The second-order valence-electron chi connectivity index (χ2n) is 6.30. The number of benzene rings is 2. The normalized spacial score (nSPS) is 13.1. The second kappa shape index (κ2) is 8.07. The predicted octanol–water partition coefficient (Wildman–Crippen LogP) is 2.89. The van der Waals surface area contributed by atoms with Crippen LogP contribution in [0.25, 0.3) is 0 Å². The number of phenols is 1. The molecule has 0 heterocycles. The van der Waals surface area contributed by atoms with E-state index in [2.05, 4.69) is 0 Å². The van der Waals surface area contributed by atoms with Gasteiger partial charge in [0.1, 0.15) is 22.9 Å². The average Bonchev–Trinajstić information content (AvgIpc) is 3.50. The highest BCUT2D eigenvalue weighted by Gasteiger charge is 2.33. The highest BCUT2D eigenvalue weighted by Crippen LogP contribution is 2.29. The van der Waals surface area contributed by atoms with E-state index < -0.39 is 18.5 Å². The molecule has 1 fully saturated rings. The molecule has 3 rings (SSSR count). The molecule has 27 heavy (non-hydrogen) atoms. The van der Waals surface area contributed by atoms with Crippen molar-refractivity contribution >= 4 is 11.9 Å². The lowest BCUT2D eigenvalue weighted by atomic mass is 10.2. The molecule has 0 radical (unpaired) electrons. The van der Waals surface area contributed by atoms with Gasteiger partial charge in [-0.3, -0.25) is 4.79 Å². The molecule has 142 valence electrons. The molecule has 0 aromatic heterocycles. The molecule has 1 aliphatic carbocycles. The van der Waals surface area contributed by atoms with Crippen molar-refractivity contribution in [1.82, 2.24) is 4.90 Å². The van der Waals surface area contributed by atoms with Crippen molar-refractivity contribution in [2.45, 2.75) is 25.4 Å². The van der Waals surface area contributed by atoms with Crippen molar-refractivity contribution in [2.75, 3.05) is 13.7 Å². The van der Waals surface area contributed by atoms with E-state index in [4.69, 9.17) is 9.47 Å². The number of nitrogens with zero attached hydrogens (tertiary/aromatic N) is 1. The standard InChI is InChI=1S/C20H20FNO5/c1-26-15-8-9-16(18(23)10-15)20(25)27-12-19(24)22(14-6-7-14)11-13-4-2-3-5-17(13)21/h2-5,8-10,14,23H,6-7,11-12H2,1H3. The molecule has 1 aliphatic rings. The summed E-state index contributed by atoms with van der Waals surface area (Å²) in [5, 5.41) is 9.87. The van der Waals surface area contributed by atoms with Gasteiger partial charge in [-0.15, -0.1) is 0 Å². The summed E-state index contributed by atoms with van der Waals surface area (Å²) in [6, 6.07) is 10.5. The molecule has 7 heteroatoms. The number of methoxy groups -OCH3 is 1. The Hall–Kier alpha value is -3.09. The van der Waals surface area contributed by atoms with Crippen molar-refractivity contribution in [3.05, 3.63) is 59.4 Å². The molecular formula is C20H20FNO5. The smallest absolute Gasteiger partial charge is 0.342 e.